The second kappa shape index (κ2) is 6.39. The summed E-state index contributed by atoms with van der Waals surface area (Å²) in [6, 6.07) is 6.77. The molecule has 1 aliphatic heterocycles. The fraction of sp³-hybridized carbons (Fsp3) is 0.526. The SMILES string of the molecule is O=C(Cn1c(=O)[nH]c2ccccc2c1=O)N1CC[C@]2(O)CCCC[C@@H]2C1. The Morgan fingerprint density at radius 3 is 2.88 bits per heavy atom. The maximum absolute atomic E-state index is 12.7. The number of aliphatic hydroxyl groups is 1. The van der Waals surface area contributed by atoms with Gasteiger partial charge in [0.15, 0.2) is 0 Å². The summed E-state index contributed by atoms with van der Waals surface area (Å²) < 4.78 is 0.965. The van der Waals surface area contributed by atoms with Crippen LogP contribution in [-0.2, 0) is 11.3 Å². The maximum Gasteiger partial charge on any atom is 0.329 e. The molecule has 2 aromatic rings. The fourth-order valence-electron chi connectivity index (χ4n) is 4.38. The van der Waals surface area contributed by atoms with Gasteiger partial charge in [0.25, 0.3) is 5.56 Å². The number of aromatic amines is 1. The summed E-state index contributed by atoms with van der Waals surface area (Å²) in [6.07, 6.45) is 4.37. The number of fused-ring (bicyclic) bond motifs is 2. The first kappa shape index (κ1) is 17.0. The second-order valence-electron chi connectivity index (χ2n) is 7.50. The van der Waals surface area contributed by atoms with Crippen LogP contribution in [0.1, 0.15) is 32.1 Å². The van der Waals surface area contributed by atoms with E-state index in [0.717, 1.165) is 30.3 Å². The molecule has 0 unspecified atom stereocenters. The Hall–Kier alpha value is -2.41. The summed E-state index contributed by atoms with van der Waals surface area (Å²) in [6.45, 7) is 0.686. The van der Waals surface area contributed by atoms with Gasteiger partial charge in [-0.25, -0.2) is 4.79 Å². The number of para-hydroxylation sites is 1. The molecule has 0 bridgehead atoms. The Bertz CT molecular complexity index is 963. The van der Waals surface area contributed by atoms with Gasteiger partial charge in [0.2, 0.25) is 5.91 Å². The summed E-state index contributed by atoms with van der Waals surface area (Å²) in [7, 11) is 0. The quantitative estimate of drug-likeness (QED) is 0.833. The van der Waals surface area contributed by atoms with Gasteiger partial charge in [-0.2, -0.15) is 0 Å². The number of amides is 1. The number of hydrogen-bond acceptors (Lipinski definition) is 4. The van der Waals surface area contributed by atoms with E-state index in [9.17, 15) is 19.5 Å². The van der Waals surface area contributed by atoms with E-state index in [0.29, 0.717) is 30.4 Å². The molecule has 1 aromatic carbocycles. The second-order valence-corrected chi connectivity index (χ2v) is 7.50. The molecule has 1 amide bonds. The zero-order valence-electron chi connectivity index (χ0n) is 14.6. The molecular formula is C19H23N3O4. The van der Waals surface area contributed by atoms with E-state index < -0.39 is 16.9 Å². The molecular weight excluding hydrogens is 334 g/mol. The smallest absolute Gasteiger partial charge is 0.329 e. The van der Waals surface area contributed by atoms with Crippen LogP contribution in [0.2, 0.25) is 0 Å². The standard InChI is InChI=1S/C19H23N3O4/c23-16(21-10-9-19(26)8-4-3-5-13(19)11-21)12-22-17(24)14-6-1-2-7-15(14)20-18(22)25/h1-2,6-7,13,26H,3-5,8-12H2,(H,20,25)/t13-,19-/m1/s1. The minimum absolute atomic E-state index is 0.0839. The van der Waals surface area contributed by atoms with Crippen molar-refractivity contribution in [3.63, 3.8) is 0 Å². The average molecular weight is 357 g/mol. The summed E-state index contributed by atoms with van der Waals surface area (Å²) in [5.74, 6) is -0.166. The molecule has 2 N–H and O–H groups in total. The highest BCUT2D eigenvalue weighted by Gasteiger charge is 2.43. The van der Waals surface area contributed by atoms with Gasteiger partial charge < -0.3 is 15.0 Å². The lowest BCUT2D eigenvalue weighted by Crippen LogP contribution is -2.55. The number of benzene rings is 1. The lowest BCUT2D eigenvalue weighted by Gasteiger charge is -2.47. The molecule has 26 heavy (non-hydrogen) atoms. The van der Waals surface area contributed by atoms with E-state index in [1.807, 2.05) is 0 Å². The zero-order valence-corrected chi connectivity index (χ0v) is 14.6. The normalized spacial score (nSPS) is 25.9. The molecule has 1 saturated carbocycles. The maximum atomic E-state index is 12.7. The number of rotatable bonds is 2. The van der Waals surface area contributed by atoms with Crippen LogP contribution in [0, 0.1) is 5.92 Å². The van der Waals surface area contributed by atoms with Crippen molar-refractivity contribution in [1.29, 1.82) is 0 Å². The van der Waals surface area contributed by atoms with Crippen molar-refractivity contribution in [2.24, 2.45) is 5.92 Å². The van der Waals surface area contributed by atoms with Crippen molar-refractivity contribution in [2.75, 3.05) is 13.1 Å². The Balaban J connectivity index is 1.56. The van der Waals surface area contributed by atoms with E-state index >= 15 is 0 Å². The minimum atomic E-state index is -0.660. The van der Waals surface area contributed by atoms with Gasteiger partial charge in [0.1, 0.15) is 6.54 Å². The molecule has 7 nitrogen and oxygen atoms in total. The molecule has 138 valence electrons. The minimum Gasteiger partial charge on any atom is -0.389 e. The number of nitrogens with one attached hydrogen (secondary N) is 1. The Kier molecular flexibility index (Phi) is 4.19. The van der Waals surface area contributed by atoms with Gasteiger partial charge in [-0.15, -0.1) is 0 Å². The number of likely N-dealkylation sites (tertiary alicyclic amines) is 1. The lowest BCUT2D eigenvalue weighted by atomic mass is 9.71. The van der Waals surface area contributed by atoms with Crippen LogP contribution < -0.4 is 11.2 Å². The number of aromatic nitrogens is 2. The molecule has 7 heteroatoms. The molecule has 0 spiro atoms. The summed E-state index contributed by atoms with van der Waals surface area (Å²) in [5, 5.41) is 11.1. The van der Waals surface area contributed by atoms with Gasteiger partial charge in [-0.3, -0.25) is 14.2 Å². The van der Waals surface area contributed by atoms with Crippen LogP contribution >= 0.6 is 0 Å². The monoisotopic (exact) mass is 357 g/mol. The van der Waals surface area contributed by atoms with Crippen LogP contribution in [0.25, 0.3) is 10.9 Å². The van der Waals surface area contributed by atoms with Crippen molar-refractivity contribution in [3.05, 3.63) is 45.1 Å². The van der Waals surface area contributed by atoms with E-state index in [1.165, 1.54) is 0 Å². The van der Waals surface area contributed by atoms with Crippen LogP contribution in [0.3, 0.4) is 0 Å². The Morgan fingerprint density at radius 2 is 2.04 bits per heavy atom. The number of H-pyrrole nitrogens is 1. The van der Waals surface area contributed by atoms with Crippen LogP contribution in [0.5, 0.6) is 0 Å². The zero-order chi connectivity index (χ0) is 18.3. The number of carbonyl (C=O) groups is 1. The number of carbonyl (C=O) groups excluding carboxylic acids is 1. The predicted octanol–water partition coefficient (Wildman–Crippen LogP) is 0.843. The predicted molar refractivity (Wildman–Crippen MR) is 96.9 cm³/mol. The highest BCUT2D eigenvalue weighted by atomic mass is 16.3. The van der Waals surface area contributed by atoms with Gasteiger partial charge >= 0.3 is 5.69 Å². The first-order chi connectivity index (χ1) is 12.5. The molecule has 4 rings (SSSR count). The van der Waals surface area contributed by atoms with Crippen molar-refractivity contribution in [3.8, 4) is 0 Å². The van der Waals surface area contributed by atoms with E-state index in [-0.39, 0.29) is 18.4 Å². The Labute approximate surface area is 150 Å². The fourth-order valence-corrected chi connectivity index (χ4v) is 4.38. The average Bonchev–Trinajstić information content (AvgIpc) is 2.64. The van der Waals surface area contributed by atoms with Crippen molar-refractivity contribution in [1.82, 2.24) is 14.5 Å². The molecule has 0 radical (unpaired) electrons. The van der Waals surface area contributed by atoms with Gasteiger partial charge in [-0.05, 0) is 31.4 Å². The van der Waals surface area contributed by atoms with Crippen molar-refractivity contribution < 1.29 is 9.90 Å². The molecule has 2 heterocycles. The molecule has 2 atom stereocenters. The van der Waals surface area contributed by atoms with Gasteiger partial charge in [0, 0.05) is 19.0 Å². The third-order valence-electron chi connectivity index (χ3n) is 5.96. The van der Waals surface area contributed by atoms with Crippen molar-refractivity contribution in [2.45, 2.75) is 44.2 Å². The number of nitrogens with zero attached hydrogens (tertiary/aromatic N) is 2. The summed E-state index contributed by atoms with van der Waals surface area (Å²) in [5.41, 5.74) is -1.22. The first-order valence-corrected chi connectivity index (χ1v) is 9.20. The number of hydrogen-bond donors (Lipinski definition) is 2. The third kappa shape index (κ3) is 2.86. The molecule has 2 fully saturated rings. The summed E-state index contributed by atoms with van der Waals surface area (Å²) in [4.78, 5) is 41.9. The largest absolute Gasteiger partial charge is 0.389 e. The van der Waals surface area contributed by atoms with E-state index in [1.54, 1.807) is 29.2 Å². The van der Waals surface area contributed by atoms with Gasteiger partial charge in [0.05, 0.1) is 16.5 Å². The van der Waals surface area contributed by atoms with Crippen LogP contribution in [0.15, 0.2) is 33.9 Å². The number of piperidine rings is 1. The van der Waals surface area contributed by atoms with E-state index in [4.69, 9.17) is 0 Å². The van der Waals surface area contributed by atoms with E-state index in [2.05, 4.69) is 4.98 Å². The molecule has 1 aromatic heterocycles. The lowest BCUT2D eigenvalue weighted by molar-refractivity contribution is -0.144. The van der Waals surface area contributed by atoms with Crippen molar-refractivity contribution >= 4 is 16.8 Å². The first-order valence-electron chi connectivity index (χ1n) is 9.20. The Morgan fingerprint density at radius 1 is 1.23 bits per heavy atom. The third-order valence-corrected chi connectivity index (χ3v) is 5.96. The highest BCUT2D eigenvalue weighted by Crippen LogP contribution is 2.39. The van der Waals surface area contributed by atoms with Crippen LogP contribution in [0.4, 0.5) is 0 Å². The molecule has 2 aliphatic rings. The topological polar surface area (TPSA) is 95.4 Å². The summed E-state index contributed by atoms with van der Waals surface area (Å²) >= 11 is 0. The van der Waals surface area contributed by atoms with Gasteiger partial charge in [-0.1, -0.05) is 25.0 Å². The van der Waals surface area contributed by atoms with Crippen LogP contribution in [-0.4, -0.2) is 44.2 Å². The molecule has 1 saturated heterocycles. The molecule has 1 aliphatic carbocycles. The highest BCUT2D eigenvalue weighted by molar-refractivity contribution is 5.79.